The van der Waals surface area contributed by atoms with Crippen LogP contribution in [0.3, 0.4) is 0 Å². The number of pyridine rings is 1. The van der Waals surface area contributed by atoms with E-state index in [0.717, 1.165) is 0 Å². The van der Waals surface area contributed by atoms with Gasteiger partial charge in [0, 0.05) is 6.20 Å². The molecule has 78 valence electrons. The van der Waals surface area contributed by atoms with Crippen molar-refractivity contribution in [3.8, 4) is 5.75 Å². The van der Waals surface area contributed by atoms with Gasteiger partial charge in [-0.3, -0.25) is 0 Å². The molecule has 1 rings (SSSR count). The number of aromatic nitrogens is 1. The smallest absolute Gasteiger partial charge is 0.437 e. The summed E-state index contributed by atoms with van der Waals surface area (Å²) in [4.78, 5) is 2.78. The van der Waals surface area contributed by atoms with Gasteiger partial charge >= 0.3 is 6.18 Å². The highest BCUT2D eigenvalue weighted by Gasteiger charge is 2.37. The summed E-state index contributed by atoms with van der Waals surface area (Å²) in [6.07, 6.45) is -7.53. The van der Waals surface area contributed by atoms with E-state index < -0.39 is 29.6 Å². The monoisotopic (exact) mass is 213 g/mol. The highest BCUT2D eigenvalue weighted by atomic mass is 19.4. The number of nitrogens with zero attached hydrogens (tertiary/aromatic N) is 1. The third-order valence-electron chi connectivity index (χ3n) is 1.46. The van der Waals surface area contributed by atoms with E-state index in [1.54, 1.807) is 0 Å². The molecule has 7 heteroatoms. The molecule has 1 N–H and O–H groups in total. The summed E-state index contributed by atoms with van der Waals surface area (Å²) in [7, 11) is 0. The lowest BCUT2D eigenvalue weighted by Gasteiger charge is -2.10. The van der Waals surface area contributed by atoms with E-state index in [-0.39, 0.29) is 0 Å². The zero-order valence-corrected chi connectivity index (χ0v) is 6.52. The average Bonchev–Trinajstić information content (AvgIpc) is 2.01. The van der Waals surface area contributed by atoms with Crippen LogP contribution in [0.1, 0.15) is 17.7 Å². The van der Waals surface area contributed by atoms with Gasteiger partial charge in [0.05, 0.1) is 5.56 Å². The summed E-state index contributed by atoms with van der Waals surface area (Å²) in [5.74, 6) is -1.52. The molecule has 0 aliphatic rings. The lowest BCUT2D eigenvalue weighted by atomic mass is 10.2. The van der Waals surface area contributed by atoms with Crippen LogP contribution >= 0.6 is 0 Å². The topological polar surface area (TPSA) is 33.1 Å². The van der Waals surface area contributed by atoms with E-state index in [0.29, 0.717) is 12.3 Å². The Bertz CT molecular complexity index is 335. The molecule has 0 aliphatic heterocycles. The molecular formula is C7H4F5NO. The van der Waals surface area contributed by atoms with Gasteiger partial charge in [-0.2, -0.15) is 13.2 Å². The molecule has 0 saturated carbocycles. The van der Waals surface area contributed by atoms with Crippen LogP contribution in [0.5, 0.6) is 5.75 Å². The Kier molecular flexibility index (Phi) is 2.59. The van der Waals surface area contributed by atoms with Crippen LogP contribution < -0.4 is 0 Å². The average molecular weight is 213 g/mol. The number of aromatic hydroxyl groups is 1. The van der Waals surface area contributed by atoms with Crippen LogP contribution in [0, 0.1) is 0 Å². The van der Waals surface area contributed by atoms with Gasteiger partial charge < -0.3 is 5.11 Å². The minimum Gasteiger partial charge on any atom is -0.505 e. The van der Waals surface area contributed by atoms with Crippen LogP contribution in [-0.2, 0) is 6.18 Å². The second-order valence-electron chi connectivity index (χ2n) is 2.40. The largest absolute Gasteiger partial charge is 0.505 e. The third-order valence-corrected chi connectivity index (χ3v) is 1.46. The number of rotatable bonds is 1. The molecule has 0 bridgehead atoms. The van der Waals surface area contributed by atoms with E-state index in [4.69, 9.17) is 5.11 Å². The first-order valence-corrected chi connectivity index (χ1v) is 3.37. The Labute approximate surface area is 75.0 Å². The van der Waals surface area contributed by atoms with E-state index in [2.05, 4.69) is 4.98 Å². The molecule has 0 saturated heterocycles. The number of halogens is 5. The summed E-state index contributed by atoms with van der Waals surface area (Å²) in [5.41, 5.74) is -2.78. The summed E-state index contributed by atoms with van der Waals surface area (Å²) >= 11 is 0. The normalized spacial score (nSPS) is 12.1. The maximum Gasteiger partial charge on any atom is 0.437 e. The first-order chi connectivity index (χ1) is 6.34. The standard InChI is InChI=1S/C7H4F5NO/c8-6(9)3-1-2-13-5(4(3)14)7(10,11)12/h1-2,6,14H. The summed E-state index contributed by atoms with van der Waals surface area (Å²) < 4.78 is 60.2. The minimum atomic E-state index is -4.94. The Morgan fingerprint density at radius 1 is 1.29 bits per heavy atom. The Morgan fingerprint density at radius 3 is 2.29 bits per heavy atom. The van der Waals surface area contributed by atoms with Gasteiger partial charge in [-0.05, 0) is 6.07 Å². The van der Waals surface area contributed by atoms with Crippen molar-refractivity contribution in [1.82, 2.24) is 4.98 Å². The van der Waals surface area contributed by atoms with Crippen LogP contribution in [-0.4, -0.2) is 10.1 Å². The molecule has 0 aliphatic carbocycles. The summed E-state index contributed by atoms with van der Waals surface area (Å²) in [6, 6.07) is 0.634. The van der Waals surface area contributed by atoms with Gasteiger partial charge in [0.2, 0.25) is 0 Å². The fourth-order valence-electron chi connectivity index (χ4n) is 0.852. The lowest BCUT2D eigenvalue weighted by Crippen LogP contribution is -2.09. The van der Waals surface area contributed by atoms with Crippen molar-refractivity contribution in [2.75, 3.05) is 0 Å². The first kappa shape index (κ1) is 10.7. The molecular weight excluding hydrogens is 209 g/mol. The Balaban J connectivity index is 3.28. The van der Waals surface area contributed by atoms with E-state index in [9.17, 15) is 22.0 Å². The fourth-order valence-corrected chi connectivity index (χ4v) is 0.852. The molecule has 0 radical (unpaired) electrons. The van der Waals surface area contributed by atoms with Crippen molar-refractivity contribution in [3.63, 3.8) is 0 Å². The van der Waals surface area contributed by atoms with Gasteiger partial charge in [0.25, 0.3) is 6.43 Å². The lowest BCUT2D eigenvalue weighted by molar-refractivity contribution is -0.142. The Morgan fingerprint density at radius 2 is 1.86 bits per heavy atom. The molecule has 0 amide bonds. The Hall–Kier alpha value is -1.40. The van der Waals surface area contributed by atoms with Crippen LogP contribution in [0.4, 0.5) is 22.0 Å². The molecule has 2 nitrogen and oxygen atoms in total. The van der Waals surface area contributed by atoms with Crippen molar-refractivity contribution in [3.05, 3.63) is 23.5 Å². The van der Waals surface area contributed by atoms with E-state index in [1.165, 1.54) is 0 Å². The summed E-state index contributed by atoms with van der Waals surface area (Å²) in [6.45, 7) is 0. The highest BCUT2D eigenvalue weighted by molar-refractivity contribution is 5.37. The van der Waals surface area contributed by atoms with Gasteiger partial charge in [0.1, 0.15) is 0 Å². The summed E-state index contributed by atoms with van der Waals surface area (Å²) in [5, 5.41) is 8.83. The zero-order valence-electron chi connectivity index (χ0n) is 6.52. The maximum absolute atomic E-state index is 12.0. The minimum absolute atomic E-state index is 0.573. The molecule has 0 spiro atoms. The zero-order chi connectivity index (χ0) is 10.9. The van der Waals surface area contributed by atoms with Gasteiger partial charge in [-0.25, -0.2) is 13.8 Å². The van der Waals surface area contributed by atoms with Gasteiger partial charge in [-0.1, -0.05) is 0 Å². The molecule has 1 aromatic rings. The van der Waals surface area contributed by atoms with Gasteiger partial charge in [0.15, 0.2) is 11.4 Å². The van der Waals surface area contributed by atoms with E-state index in [1.807, 2.05) is 0 Å². The predicted octanol–water partition coefficient (Wildman–Crippen LogP) is 2.74. The number of hydrogen-bond donors (Lipinski definition) is 1. The fraction of sp³-hybridized carbons (Fsp3) is 0.286. The first-order valence-electron chi connectivity index (χ1n) is 3.37. The molecule has 1 heterocycles. The van der Waals surface area contributed by atoms with Crippen LogP contribution in [0.25, 0.3) is 0 Å². The van der Waals surface area contributed by atoms with Crippen molar-refractivity contribution >= 4 is 0 Å². The maximum atomic E-state index is 12.0. The van der Waals surface area contributed by atoms with Crippen molar-refractivity contribution < 1.29 is 27.1 Å². The SMILES string of the molecule is Oc1c(C(F)F)ccnc1C(F)(F)F. The van der Waals surface area contributed by atoms with E-state index >= 15 is 0 Å². The van der Waals surface area contributed by atoms with Crippen LogP contribution in [0.2, 0.25) is 0 Å². The van der Waals surface area contributed by atoms with Crippen molar-refractivity contribution in [2.45, 2.75) is 12.6 Å². The van der Waals surface area contributed by atoms with Crippen molar-refractivity contribution in [1.29, 1.82) is 0 Å². The molecule has 0 unspecified atom stereocenters. The molecule has 0 atom stereocenters. The third kappa shape index (κ3) is 1.91. The number of hydrogen-bond acceptors (Lipinski definition) is 2. The second-order valence-corrected chi connectivity index (χ2v) is 2.40. The molecule has 14 heavy (non-hydrogen) atoms. The van der Waals surface area contributed by atoms with Crippen LogP contribution in [0.15, 0.2) is 12.3 Å². The second kappa shape index (κ2) is 3.39. The predicted molar refractivity (Wildman–Crippen MR) is 35.9 cm³/mol. The molecule has 1 aromatic heterocycles. The van der Waals surface area contributed by atoms with Gasteiger partial charge in [-0.15, -0.1) is 0 Å². The van der Waals surface area contributed by atoms with Crippen molar-refractivity contribution in [2.24, 2.45) is 0 Å². The number of alkyl halides is 5. The highest BCUT2D eigenvalue weighted by Crippen LogP contribution is 2.38. The molecule has 0 fully saturated rings. The molecule has 0 aromatic carbocycles. The quantitative estimate of drug-likeness (QED) is 0.727.